The van der Waals surface area contributed by atoms with Gasteiger partial charge in [-0.25, -0.2) is 0 Å². The lowest BCUT2D eigenvalue weighted by atomic mass is 9.86. The Morgan fingerprint density at radius 1 is 1.07 bits per heavy atom. The van der Waals surface area contributed by atoms with E-state index in [-0.39, 0.29) is 5.69 Å². The molecule has 2 aromatic carbocycles. The van der Waals surface area contributed by atoms with Crippen LogP contribution in [0.4, 0.5) is 0 Å². The van der Waals surface area contributed by atoms with Gasteiger partial charge in [0.15, 0.2) is 5.69 Å². The zero-order valence-corrected chi connectivity index (χ0v) is 17.2. The topological polar surface area (TPSA) is 133 Å². The van der Waals surface area contributed by atoms with Crippen molar-refractivity contribution in [1.29, 1.82) is 0 Å². The number of benzene rings is 2. The molecule has 156 valence electrons. The van der Waals surface area contributed by atoms with Crippen molar-refractivity contribution in [3.05, 3.63) is 65.4 Å². The molecule has 1 heterocycles. The Morgan fingerprint density at radius 2 is 1.77 bits per heavy atom. The van der Waals surface area contributed by atoms with Gasteiger partial charge in [-0.3, -0.25) is 19.1 Å². The fourth-order valence-electron chi connectivity index (χ4n) is 3.33. The fraction of sp³-hybridized carbons (Fsp3) is 0.273. The molecule has 1 aromatic heterocycles. The molecule has 3 rings (SSSR count). The number of nitrogens with zero attached hydrogens (tertiary/aromatic N) is 2. The van der Waals surface area contributed by atoms with Crippen molar-refractivity contribution < 1.29 is 14.4 Å². The van der Waals surface area contributed by atoms with Gasteiger partial charge in [-0.15, -0.1) is 0 Å². The van der Waals surface area contributed by atoms with Crippen LogP contribution in [0.15, 0.2) is 48.5 Å². The molecule has 8 nitrogen and oxygen atoms in total. The van der Waals surface area contributed by atoms with Gasteiger partial charge in [0, 0.05) is 10.9 Å². The summed E-state index contributed by atoms with van der Waals surface area (Å²) in [6.45, 7) is 5.81. The van der Waals surface area contributed by atoms with Crippen LogP contribution in [0.2, 0.25) is 0 Å². The van der Waals surface area contributed by atoms with Gasteiger partial charge in [-0.2, -0.15) is 5.10 Å². The Kier molecular flexibility index (Phi) is 5.60. The maximum atomic E-state index is 13.0. The first-order chi connectivity index (χ1) is 14.1. The summed E-state index contributed by atoms with van der Waals surface area (Å²) < 4.78 is 1.68. The van der Waals surface area contributed by atoms with Crippen molar-refractivity contribution in [2.24, 2.45) is 16.9 Å². The molecule has 1 unspecified atom stereocenters. The predicted molar refractivity (Wildman–Crippen MR) is 114 cm³/mol. The first kappa shape index (κ1) is 21.0. The number of nitrogens with one attached hydrogen (secondary N) is 1. The monoisotopic (exact) mass is 407 g/mol. The molecule has 0 spiro atoms. The number of aromatic nitrogens is 2. The van der Waals surface area contributed by atoms with E-state index in [2.05, 4.69) is 10.4 Å². The molecule has 0 radical (unpaired) electrons. The predicted octanol–water partition coefficient (Wildman–Crippen LogP) is 1.81. The van der Waals surface area contributed by atoms with Gasteiger partial charge in [0.1, 0.15) is 6.04 Å². The van der Waals surface area contributed by atoms with Crippen LogP contribution in [0.5, 0.6) is 0 Å². The highest BCUT2D eigenvalue weighted by atomic mass is 16.2. The molecular formula is C22H25N5O3. The number of nitrogens with two attached hydrogens (primary N) is 2. The molecule has 0 aliphatic heterocycles. The van der Waals surface area contributed by atoms with Gasteiger partial charge in [0.05, 0.1) is 12.1 Å². The standard InChI is InChI=1S/C22H25N5O3/c1-22(2,3)18(20(24)29)25-21(30)17-15-9-4-5-10-16(15)27(26-17)12-13-7-6-8-14(11-13)19(23)28/h4-11,18H,12H2,1-3H3,(H2,23,28)(H2,24,29)(H,25,30). The zero-order chi connectivity index (χ0) is 22.1. The summed E-state index contributed by atoms with van der Waals surface area (Å²) in [5.41, 5.74) is 12.5. The third-order valence-corrected chi connectivity index (χ3v) is 4.84. The van der Waals surface area contributed by atoms with Crippen molar-refractivity contribution in [2.75, 3.05) is 0 Å². The molecule has 8 heteroatoms. The van der Waals surface area contributed by atoms with Crippen LogP contribution in [0.1, 0.15) is 47.2 Å². The lowest BCUT2D eigenvalue weighted by Crippen LogP contribution is -2.52. The van der Waals surface area contributed by atoms with E-state index in [4.69, 9.17) is 11.5 Å². The molecule has 0 aliphatic carbocycles. The first-order valence-corrected chi connectivity index (χ1v) is 9.52. The quantitative estimate of drug-likeness (QED) is 0.575. The van der Waals surface area contributed by atoms with E-state index in [1.807, 2.05) is 45.0 Å². The molecule has 3 amide bonds. The summed E-state index contributed by atoms with van der Waals surface area (Å²) in [6.07, 6.45) is 0. The van der Waals surface area contributed by atoms with Crippen LogP contribution in [0, 0.1) is 5.41 Å². The molecule has 5 N–H and O–H groups in total. The maximum Gasteiger partial charge on any atom is 0.273 e. The first-order valence-electron chi connectivity index (χ1n) is 9.52. The number of primary amides is 2. The minimum Gasteiger partial charge on any atom is -0.368 e. The molecule has 0 saturated carbocycles. The average Bonchev–Trinajstić information content (AvgIpc) is 3.03. The minimum atomic E-state index is -0.846. The zero-order valence-electron chi connectivity index (χ0n) is 17.2. The number of para-hydroxylation sites is 1. The Labute approximate surface area is 174 Å². The van der Waals surface area contributed by atoms with Gasteiger partial charge in [0.25, 0.3) is 5.91 Å². The highest BCUT2D eigenvalue weighted by molar-refractivity contribution is 6.06. The third kappa shape index (κ3) is 4.32. The molecule has 30 heavy (non-hydrogen) atoms. The lowest BCUT2D eigenvalue weighted by Gasteiger charge is -2.28. The third-order valence-electron chi connectivity index (χ3n) is 4.84. The van der Waals surface area contributed by atoms with E-state index >= 15 is 0 Å². The van der Waals surface area contributed by atoms with E-state index in [0.29, 0.717) is 17.5 Å². The molecule has 3 aromatic rings. The SMILES string of the molecule is CC(C)(C)C(NC(=O)c1nn(Cc2cccc(C(N)=O)c2)c2ccccc12)C(N)=O. The lowest BCUT2D eigenvalue weighted by molar-refractivity contribution is -0.122. The highest BCUT2D eigenvalue weighted by Gasteiger charge is 2.32. The Balaban J connectivity index is 1.98. The summed E-state index contributed by atoms with van der Waals surface area (Å²) >= 11 is 0. The second kappa shape index (κ2) is 7.98. The second-order valence-electron chi connectivity index (χ2n) is 8.26. The van der Waals surface area contributed by atoms with E-state index in [9.17, 15) is 14.4 Å². The van der Waals surface area contributed by atoms with Crippen molar-refractivity contribution in [3.63, 3.8) is 0 Å². The van der Waals surface area contributed by atoms with Gasteiger partial charge in [-0.1, -0.05) is 51.1 Å². The number of carbonyl (C=O) groups excluding carboxylic acids is 3. The summed E-state index contributed by atoms with van der Waals surface area (Å²) in [5.74, 6) is -1.60. The summed E-state index contributed by atoms with van der Waals surface area (Å²) in [7, 11) is 0. The number of carbonyl (C=O) groups is 3. The number of fused-ring (bicyclic) bond motifs is 1. The summed E-state index contributed by atoms with van der Waals surface area (Å²) in [5, 5.41) is 7.86. The van der Waals surface area contributed by atoms with Crippen molar-refractivity contribution in [2.45, 2.75) is 33.4 Å². The molecule has 1 atom stereocenters. The maximum absolute atomic E-state index is 13.0. The minimum absolute atomic E-state index is 0.201. The molecule has 0 aliphatic rings. The summed E-state index contributed by atoms with van der Waals surface area (Å²) in [4.78, 5) is 36.3. The van der Waals surface area contributed by atoms with Crippen LogP contribution in [0.25, 0.3) is 10.9 Å². The largest absolute Gasteiger partial charge is 0.368 e. The molecular weight excluding hydrogens is 382 g/mol. The highest BCUT2D eigenvalue weighted by Crippen LogP contribution is 2.23. The Morgan fingerprint density at radius 3 is 2.40 bits per heavy atom. The smallest absolute Gasteiger partial charge is 0.273 e. The van der Waals surface area contributed by atoms with Crippen LogP contribution < -0.4 is 16.8 Å². The van der Waals surface area contributed by atoms with E-state index in [1.165, 1.54) is 0 Å². The Hall–Kier alpha value is -3.68. The summed E-state index contributed by atoms with van der Waals surface area (Å²) in [6, 6.07) is 13.4. The fourth-order valence-corrected chi connectivity index (χ4v) is 3.33. The number of amides is 3. The van der Waals surface area contributed by atoms with E-state index in [1.54, 1.807) is 28.9 Å². The van der Waals surface area contributed by atoms with E-state index in [0.717, 1.165) is 11.1 Å². The van der Waals surface area contributed by atoms with Gasteiger partial charge in [-0.05, 0) is 29.2 Å². The van der Waals surface area contributed by atoms with Crippen LogP contribution in [0.3, 0.4) is 0 Å². The molecule has 0 saturated heterocycles. The normalized spacial score (nSPS) is 12.5. The number of rotatable bonds is 6. The number of hydrogen-bond acceptors (Lipinski definition) is 4. The van der Waals surface area contributed by atoms with Gasteiger partial charge < -0.3 is 16.8 Å². The number of hydrogen-bond donors (Lipinski definition) is 3. The average molecular weight is 407 g/mol. The Bertz CT molecular complexity index is 1130. The van der Waals surface area contributed by atoms with Crippen LogP contribution in [-0.4, -0.2) is 33.5 Å². The van der Waals surface area contributed by atoms with Crippen molar-refractivity contribution in [3.8, 4) is 0 Å². The van der Waals surface area contributed by atoms with Crippen LogP contribution in [-0.2, 0) is 11.3 Å². The van der Waals surface area contributed by atoms with E-state index < -0.39 is 29.2 Å². The van der Waals surface area contributed by atoms with Gasteiger partial charge in [0.2, 0.25) is 11.8 Å². The van der Waals surface area contributed by atoms with Crippen molar-refractivity contribution >= 4 is 28.6 Å². The van der Waals surface area contributed by atoms with Gasteiger partial charge >= 0.3 is 0 Å². The molecule has 0 bridgehead atoms. The molecule has 0 fully saturated rings. The second-order valence-corrected chi connectivity index (χ2v) is 8.26. The van der Waals surface area contributed by atoms with Crippen molar-refractivity contribution in [1.82, 2.24) is 15.1 Å². The van der Waals surface area contributed by atoms with Crippen LogP contribution >= 0.6 is 0 Å².